The highest BCUT2D eigenvalue weighted by Gasteiger charge is 2.07. The zero-order chi connectivity index (χ0) is 13.7. The molecule has 3 nitrogen and oxygen atoms in total. The molecule has 0 amide bonds. The van der Waals surface area contributed by atoms with E-state index in [0.29, 0.717) is 17.5 Å². The molecule has 0 saturated heterocycles. The minimum absolute atomic E-state index is 0.587. The molecule has 1 heterocycles. The van der Waals surface area contributed by atoms with Gasteiger partial charge in [-0.1, -0.05) is 61.7 Å². The predicted molar refractivity (Wildman–Crippen MR) is 78.4 cm³/mol. The summed E-state index contributed by atoms with van der Waals surface area (Å²) in [5, 5.41) is 0. The molecule has 2 aromatic rings. The summed E-state index contributed by atoms with van der Waals surface area (Å²) in [6.07, 6.45) is 5.33. The normalized spacial score (nSPS) is 10.6. The van der Waals surface area contributed by atoms with E-state index >= 15 is 0 Å². The predicted octanol–water partition coefficient (Wildman–Crippen LogP) is 3.60. The van der Waals surface area contributed by atoms with E-state index in [1.807, 2.05) is 49.4 Å². The minimum atomic E-state index is 0.587. The van der Waals surface area contributed by atoms with E-state index < -0.39 is 0 Å². The summed E-state index contributed by atoms with van der Waals surface area (Å²) in [5.74, 6) is 1.93. The topological polar surface area (TPSA) is 38.7 Å². The molecule has 1 aromatic heterocycles. The highest BCUT2D eigenvalue weighted by Crippen LogP contribution is 2.17. The van der Waals surface area contributed by atoms with Crippen LogP contribution >= 0.6 is 0 Å². The summed E-state index contributed by atoms with van der Waals surface area (Å²) in [7, 11) is 0. The van der Waals surface area contributed by atoms with Gasteiger partial charge in [-0.3, -0.25) is 0 Å². The first kappa shape index (κ1) is 12.9. The van der Waals surface area contributed by atoms with Crippen molar-refractivity contribution in [3.05, 3.63) is 73.4 Å². The first-order valence-corrected chi connectivity index (χ1v) is 5.97. The Labute approximate surface area is 113 Å². The lowest BCUT2D eigenvalue weighted by Gasteiger charge is -2.05. The van der Waals surface area contributed by atoms with Crippen LogP contribution in [0.1, 0.15) is 11.6 Å². The van der Waals surface area contributed by atoms with Crippen LogP contribution in [0.4, 0.5) is 0 Å². The zero-order valence-electron chi connectivity index (χ0n) is 10.9. The second-order valence-electron chi connectivity index (χ2n) is 4.02. The monoisotopic (exact) mass is 249 g/mol. The van der Waals surface area contributed by atoms with Gasteiger partial charge in [-0.05, 0) is 6.92 Å². The summed E-state index contributed by atoms with van der Waals surface area (Å²) >= 11 is 0. The Kier molecular flexibility index (Phi) is 3.98. The van der Waals surface area contributed by atoms with Crippen molar-refractivity contribution in [3.63, 3.8) is 0 Å². The van der Waals surface area contributed by atoms with Gasteiger partial charge in [-0.15, -0.1) is 0 Å². The molecule has 0 aliphatic carbocycles. The van der Waals surface area contributed by atoms with E-state index in [4.69, 9.17) is 0 Å². The maximum atomic E-state index is 4.45. The minimum Gasteiger partial charge on any atom is -0.213 e. The Morgan fingerprint density at radius 2 is 1.84 bits per heavy atom. The van der Waals surface area contributed by atoms with Gasteiger partial charge in [0, 0.05) is 11.1 Å². The summed E-state index contributed by atoms with van der Waals surface area (Å²) in [6, 6.07) is 9.83. The van der Waals surface area contributed by atoms with Crippen LogP contribution in [0.5, 0.6) is 0 Å². The number of benzene rings is 1. The van der Waals surface area contributed by atoms with Crippen LogP contribution in [0.15, 0.2) is 61.7 Å². The SMILES string of the molecule is C=C/C=C\C(=C)c1nc(C)nc(-c2ccccc2)n1. The lowest BCUT2D eigenvalue weighted by atomic mass is 10.2. The van der Waals surface area contributed by atoms with Gasteiger partial charge in [0.25, 0.3) is 0 Å². The molecule has 0 unspecified atom stereocenters. The van der Waals surface area contributed by atoms with Gasteiger partial charge >= 0.3 is 0 Å². The number of hydrogen-bond acceptors (Lipinski definition) is 3. The molecule has 1 aromatic carbocycles. The van der Waals surface area contributed by atoms with E-state index in [2.05, 4.69) is 28.1 Å². The Morgan fingerprint density at radius 3 is 2.53 bits per heavy atom. The molecule has 0 N–H and O–H groups in total. The zero-order valence-corrected chi connectivity index (χ0v) is 10.9. The molecule has 0 fully saturated rings. The molecule has 0 spiro atoms. The average molecular weight is 249 g/mol. The van der Waals surface area contributed by atoms with Crippen molar-refractivity contribution in [3.8, 4) is 11.4 Å². The van der Waals surface area contributed by atoms with E-state index in [9.17, 15) is 0 Å². The Hall–Kier alpha value is -2.55. The van der Waals surface area contributed by atoms with Crippen molar-refractivity contribution >= 4 is 5.57 Å². The first-order chi connectivity index (χ1) is 9.20. The molecule has 0 saturated carbocycles. The fourth-order valence-corrected chi connectivity index (χ4v) is 1.60. The molecule has 19 heavy (non-hydrogen) atoms. The standard InChI is InChI=1S/C16H15N3/c1-4-5-9-12(2)15-17-13(3)18-16(19-15)14-10-7-6-8-11-14/h4-11H,1-2H2,3H3/b9-5-. The van der Waals surface area contributed by atoms with Gasteiger partial charge < -0.3 is 0 Å². The van der Waals surface area contributed by atoms with Crippen molar-refractivity contribution in [1.82, 2.24) is 15.0 Å². The second kappa shape index (κ2) is 5.87. The molecule has 0 aliphatic heterocycles. The maximum absolute atomic E-state index is 4.45. The lowest BCUT2D eigenvalue weighted by molar-refractivity contribution is 0.963. The first-order valence-electron chi connectivity index (χ1n) is 5.97. The Balaban J connectivity index is 2.43. The van der Waals surface area contributed by atoms with Gasteiger partial charge in [-0.25, -0.2) is 15.0 Å². The van der Waals surface area contributed by atoms with Crippen LogP contribution in [-0.2, 0) is 0 Å². The van der Waals surface area contributed by atoms with Gasteiger partial charge in [0.15, 0.2) is 11.6 Å². The van der Waals surface area contributed by atoms with Crippen LogP contribution in [0, 0.1) is 6.92 Å². The van der Waals surface area contributed by atoms with Gasteiger partial charge in [0.1, 0.15) is 5.82 Å². The number of nitrogens with zero attached hydrogens (tertiary/aromatic N) is 3. The molecular formula is C16H15N3. The van der Waals surface area contributed by atoms with Gasteiger partial charge in [0.05, 0.1) is 0 Å². The third-order valence-corrected chi connectivity index (χ3v) is 2.50. The number of rotatable bonds is 4. The van der Waals surface area contributed by atoms with Crippen molar-refractivity contribution in [1.29, 1.82) is 0 Å². The summed E-state index contributed by atoms with van der Waals surface area (Å²) in [4.78, 5) is 13.1. The molecule has 3 heteroatoms. The van der Waals surface area contributed by atoms with E-state index in [0.717, 1.165) is 11.1 Å². The van der Waals surface area contributed by atoms with Crippen molar-refractivity contribution in [2.75, 3.05) is 0 Å². The van der Waals surface area contributed by atoms with Crippen LogP contribution in [0.2, 0.25) is 0 Å². The quantitative estimate of drug-likeness (QED) is 0.777. The van der Waals surface area contributed by atoms with Crippen LogP contribution in [0.25, 0.3) is 17.0 Å². The van der Waals surface area contributed by atoms with E-state index in [1.165, 1.54) is 0 Å². The highest BCUT2D eigenvalue weighted by molar-refractivity contribution is 5.68. The molecule has 2 rings (SSSR count). The number of allylic oxidation sites excluding steroid dienone is 4. The molecular weight excluding hydrogens is 234 g/mol. The summed E-state index contributed by atoms with van der Waals surface area (Å²) in [5.41, 5.74) is 1.71. The average Bonchev–Trinajstić information content (AvgIpc) is 2.45. The van der Waals surface area contributed by atoms with Crippen LogP contribution in [0.3, 0.4) is 0 Å². The summed E-state index contributed by atoms with van der Waals surface area (Å²) < 4.78 is 0. The maximum Gasteiger partial charge on any atom is 0.163 e. The number of hydrogen-bond donors (Lipinski definition) is 0. The fourth-order valence-electron chi connectivity index (χ4n) is 1.60. The van der Waals surface area contributed by atoms with E-state index in [-0.39, 0.29) is 0 Å². The third-order valence-electron chi connectivity index (χ3n) is 2.50. The fraction of sp³-hybridized carbons (Fsp3) is 0.0625. The smallest absolute Gasteiger partial charge is 0.163 e. The molecule has 94 valence electrons. The van der Waals surface area contributed by atoms with Crippen LogP contribution in [-0.4, -0.2) is 15.0 Å². The second-order valence-corrected chi connectivity index (χ2v) is 4.02. The number of aromatic nitrogens is 3. The molecule has 0 aliphatic rings. The van der Waals surface area contributed by atoms with Crippen molar-refractivity contribution in [2.24, 2.45) is 0 Å². The lowest BCUT2D eigenvalue weighted by Crippen LogP contribution is -2.01. The van der Waals surface area contributed by atoms with Crippen molar-refractivity contribution in [2.45, 2.75) is 6.92 Å². The van der Waals surface area contributed by atoms with E-state index in [1.54, 1.807) is 6.08 Å². The third kappa shape index (κ3) is 3.22. The molecule has 0 bridgehead atoms. The van der Waals surface area contributed by atoms with Crippen LogP contribution < -0.4 is 0 Å². The number of aryl methyl sites for hydroxylation is 1. The summed E-state index contributed by atoms with van der Waals surface area (Å²) in [6.45, 7) is 9.43. The molecule has 0 atom stereocenters. The Bertz CT molecular complexity index is 628. The largest absolute Gasteiger partial charge is 0.213 e. The van der Waals surface area contributed by atoms with Crippen molar-refractivity contribution < 1.29 is 0 Å². The highest BCUT2D eigenvalue weighted by atomic mass is 15.0. The van der Waals surface area contributed by atoms with Gasteiger partial charge in [0.2, 0.25) is 0 Å². The van der Waals surface area contributed by atoms with Gasteiger partial charge in [-0.2, -0.15) is 0 Å². The Morgan fingerprint density at radius 1 is 1.11 bits per heavy atom. The molecule has 0 radical (unpaired) electrons.